The Morgan fingerprint density at radius 1 is 1.06 bits per heavy atom. The molecule has 0 amide bonds. The summed E-state index contributed by atoms with van der Waals surface area (Å²) in [7, 11) is 0. The first-order chi connectivity index (χ1) is 15.7. The van der Waals surface area contributed by atoms with E-state index in [9.17, 15) is 19.5 Å². The standard InChI is InChI=1S/C30H44O4/c1-18(2)9-8-10-19(26(33)34)20-11-16-30(7)25-21(12-15-29(20,30)6)28(5)14-13-24(32)27(3,4)23(28)17-22(25)31/h9,19-20,23H,8,10-17H2,1-7H3,(H,33,34)/t19-,20-,23-,28+,29-,30+/m0/s1. The number of hydrogen-bond donors (Lipinski definition) is 1. The van der Waals surface area contributed by atoms with Crippen LogP contribution in [0.15, 0.2) is 22.8 Å². The van der Waals surface area contributed by atoms with E-state index in [2.05, 4.69) is 40.7 Å². The fourth-order valence-corrected chi connectivity index (χ4v) is 8.90. The molecule has 2 saturated carbocycles. The Hall–Kier alpha value is -1.71. The second kappa shape index (κ2) is 8.17. The molecular weight excluding hydrogens is 424 g/mol. The summed E-state index contributed by atoms with van der Waals surface area (Å²) >= 11 is 0. The summed E-state index contributed by atoms with van der Waals surface area (Å²) in [5, 5.41) is 10.2. The number of aliphatic carboxylic acids is 1. The van der Waals surface area contributed by atoms with Crippen molar-refractivity contribution >= 4 is 17.5 Å². The van der Waals surface area contributed by atoms with E-state index in [1.165, 1.54) is 11.1 Å². The predicted molar refractivity (Wildman–Crippen MR) is 134 cm³/mol. The topological polar surface area (TPSA) is 71.4 Å². The first-order valence-corrected chi connectivity index (χ1v) is 13.4. The maximum atomic E-state index is 13.9. The minimum Gasteiger partial charge on any atom is -0.481 e. The average molecular weight is 469 g/mol. The lowest BCUT2D eigenvalue weighted by Crippen LogP contribution is -2.56. The molecule has 0 bridgehead atoms. The highest BCUT2D eigenvalue weighted by atomic mass is 16.4. The molecule has 0 radical (unpaired) electrons. The number of Topliss-reactive ketones (excluding diaryl/α,β-unsaturated/α-hetero) is 2. The highest BCUT2D eigenvalue weighted by molar-refractivity contribution is 6.00. The zero-order valence-electron chi connectivity index (χ0n) is 22.3. The number of ketones is 2. The number of allylic oxidation sites excluding steroid dienone is 4. The van der Waals surface area contributed by atoms with Crippen LogP contribution in [0.1, 0.15) is 106 Å². The van der Waals surface area contributed by atoms with Crippen LogP contribution < -0.4 is 0 Å². The lowest BCUT2D eigenvalue weighted by atomic mass is 9.43. The highest BCUT2D eigenvalue weighted by Crippen LogP contribution is 2.71. The van der Waals surface area contributed by atoms with Crippen LogP contribution in [0.5, 0.6) is 0 Å². The molecular formula is C30H44O4. The van der Waals surface area contributed by atoms with Crippen molar-refractivity contribution in [1.82, 2.24) is 0 Å². The van der Waals surface area contributed by atoms with Crippen molar-refractivity contribution in [2.45, 2.75) is 106 Å². The van der Waals surface area contributed by atoms with Gasteiger partial charge < -0.3 is 5.11 Å². The summed E-state index contributed by atoms with van der Waals surface area (Å²) in [6.07, 6.45) is 9.02. The molecule has 4 heteroatoms. The lowest BCUT2D eigenvalue weighted by molar-refractivity contribution is -0.147. The van der Waals surface area contributed by atoms with Gasteiger partial charge in [-0.2, -0.15) is 0 Å². The van der Waals surface area contributed by atoms with Gasteiger partial charge in [-0.1, -0.05) is 51.8 Å². The van der Waals surface area contributed by atoms with E-state index < -0.39 is 11.4 Å². The average Bonchev–Trinajstić information content (AvgIpc) is 3.01. The quantitative estimate of drug-likeness (QED) is 0.444. The van der Waals surface area contributed by atoms with Crippen LogP contribution in [-0.4, -0.2) is 22.6 Å². The molecule has 4 rings (SSSR count). The van der Waals surface area contributed by atoms with E-state index in [1.807, 2.05) is 13.8 Å². The maximum Gasteiger partial charge on any atom is 0.306 e. The van der Waals surface area contributed by atoms with Crippen molar-refractivity contribution in [1.29, 1.82) is 0 Å². The molecule has 0 aromatic rings. The fourth-order valence-electron chi connectivity index (χ4n) is 8.90. The third-order valence-corrected chi connectivity index (χ3v) is 11.2. The van der Waals surface area contributed by atoms with Crippen LogP contribution in [0.25, 0.3) is 0 Å². The number of carboxylic acids is 1. The number of carboxylic acid groups (broad SMARTS) is 1. The predicted octanol–water partition coefficient (Wildman–Crippen LogP) is 6.93. The summed E-state index contributed by atoms with van der Waals surface area (Å²) in [5.74, 6) is -0.401. The van der Waals surface area contributed by atoms with Crippen molar-refractivity contribution in [2.75, 3.05) is 0 Å². The molecule has 6 atom stereocenters. The van der Waals surface area contributed by atoms with Crippen molar-refractivity contribution in [2.24, 2.45) is 39.4 Å². The fraction of sp³-hybridized carbons (Fsp3) is 0.767. The van der Waals surface area contributed by atoms with Gasteiger partial charge in [0, 0.05) is 29.2 Å². The van der Waals surface area contributed by atoms with Crippen LogP contribution in [0, 0.1) is 39.4 Å². The van der Waals surface area contributed by atoms with E-state index >= 15 is 0 Å². The maximum absolute atomic E-state index is 13.9. The lowest BCUT2D eigenvalue weighted by Gasteiger charge is -2.60. The Balaban J connectivity index is 1.75. The SMILES string of the molecule is CC(C)=CCC[C@H](C(=O)O)[C@@H]1CC[C@]2(C)C3=C(CC[C@@]12C)[C@@]1(C)CCC(=O)C(C)(C)[C@@H]1CC3=O. The highest BCUT2D eigenvalue weighted by Gasteiger charge is 2.66. The van der Waals surface area contributed by atoms with Crippen molar-refractivity contribution in [3.05, 3.63) is 22.8 Å². The van der Waals surface area contributed by atoms with Crippen LogP contribution in [-0.2, 0) is 14.4 Å². The summed E-state index contributed by atoms with van der Waals surface area (Å²) < 4.78 is 0. The third-order valence-electron chi connectivity index (χ3n) is 11.2. The van der Waals surface area contributed by atoms with Gasteiger partial charge in [0.05, 0.1) is 5.92 Å². The van der Waals surface area contributed by atoms with E-state index in [0.717, 1.165) is 44.1 Å². The molecule has 4 aliphatic rings. The molecule has 0 heterocycles. The molecule has 0 aromatic carbocycles. The second-order valence-corrected chi connectivity index (χ2v) is 13.3. The van der Waals surface area contributed by atoms with Gasteiger partial charge >= 0.3 is 5.97 Å². The Labute approximate surface area is 205 Å². The van der Waals surface area contributed by atoms with E-state index in [0.29, 0.717) is 25.0 Å². The Kier molecular flexibility index (Phi) is 6.10. The molecule has 0 aliphatic heterocycles. The van der Waals surface area contributed by atoms with E-state index in [1.54, 1.807) is 0 Å². The molecule has 0 saturated heterocycles. The number of carbonyl (C=O) groups excluding carboxylic acids is 2. The minimum absolute atomic E-state index is 0.0634. The molecule has 188 valence electrons. The van der Waals surface area contributed by atoms with Crippen molar-refractivity contribution in [3.8, 4) is 0 Å². The van der Waals surface area contributed by atoms with Crippen LogP contribution in [0.3, 0.4) is 0 Å². The summed E-state index contributed by atoms with van der Waals surface area (Å²) in [6, 6.07) is 0. The molecule has 4 aliphatic carbocycles. The molecule has 0 aromatic heterocycles. The zero-order chi connectivity index (χ0) is 25.3. The summed E-state index contributed by atoms with van der Waals surface area (Å²) in [4.78, 5) is 39.1. The van der Waals surface area contributed by atoms with Gasteiger partial charge in [-0.25, -0.2) is 0 Å². The zero-order valence-corrected chi connectivity index (χ0v) is 22.3. The molecule has 2 fully saturated rings. The second-order valence-electron chi connectivity index (χ2n) is 13.3. The van der Waals surface area contributed by atoms with Gasteiger partial charge in [0.15, 0.2) is 5.78 Å². The van der Waals surface area contributed by atoms with Gasteiger partial charge in [0.1, 0.15) is 5.78 Å². The Morgan fingerprint density at radius 2 is 1.74 bits per heavy atom. The Morgan fingerprint density at radius 3 is 2.35 bits per heavy atom. The van der Waals surface area contributed by atoms with Gasteiger partial charge in [-0.15, -0.1) is 0 Å². The van der Waals surface area contributed by atoms with Gasteiger partial charge in [0.25, 0.3) is 0 Å². The molecule has 0 spiro atoms. The van der Waals surface area contributed by atoms with Gasteiger partial charge in [-0.3, -0.25) is 14.4 Å². The van der Waals surface area contributed by atoms with Crippen LogP contribution >= 0.6 is 0 Å². The number of carbonyl (C=O) groups is 3. The van der Waals surface area contributed by atoms with Crippen molar-refractivity contribution < 1.29 is 19.5 Å². The monoisotopic (exact) mass is 468 g/mol. The van der Waals surface area contributed by atoms with Crippen molar-refractivity contribution in [3.63, 3.8) is 0 Å². The largest absolute Gasteiger partial charge is 0.481 e. The molecule has 1 N–H and O–H groups in total. The van der Waals surface area contributed by atoms with Crippen LogP contribution in [0.2, 0.25) is 0 Å². The third kappa shape index (κ3) is 3.41. The normalized spacial score (nSPS) is 39.7. The molecule has 4 nitrogen and oxygen atoms in total. The molecule has 0 unspecified atom stereocenters. The summed E-state index contributed by atoms with van der Waals surface area (Å²) in [5.41, 5.74) is 2.50. The van der Waals surface area contributed by atoms with Gasteiger partial charge in [-0.05, 0) is 81.5 Å². The van der Waals surface area contributed by atoms with Crippen LogP contribution in [0.4, 0.5) is 0 Å². The summed E-state index contributed by atoms with van der Waals surface area (Å²) in [6.45, 7) is 15.0. The number of rotatable bonds is 5. The number of hydrogen-bond acceptors (Lipinski definition) is 3. The number of fused-ring (bicyclic) bond motifs is 4. The molecule has 34 heavy (non-hydrogen) atoms. The first kappa shape index (κ1) is 25.4. The Bertz CT molecular complexity index is 980. The van der Waals surface area contributed by atoms with E-state index in [-0.39, 0.29) is 39.8 Å². The minimum atomic E-state index is -0.688. The van der Waals surface area contributed by atoms with Gasteiger partial charge in [0.2, 0.25) is 0 Å². The van der Waals surface area contributed by atoms with E-state index in [4.69, 9.17) is 0 Å². The smallest absolute Gasteiger partial charge is 0.306 e. The first-order valence-electron chi connectivity index (χ1n) is 13.4.